The maximum atomic E-state index is 13.9. The first-order chi connectivity index (χ1) is 14.5. The SMILES string of the molecule is Cc1ccc(F)c(NC(=O)N(C)N=Cc2cnc3ccc(-c4cccnc4)cn23)c1. The second-order valence-electron chi connectivity index (χ2n) is 6.75. The molecular weight excluding hydrogens is 383 g/mol. The molecule has 150 valence electrons. The summed E-state index contributed by atoms with van der Waals surface area (Å²) in [6, 6.07) is 11.7. The number of anilines is 1. The highest BCUT2D eigenvalue weighted by atomic mass is 19.1. The predicted molar refractivity (Wildman–Crippen MR) is 114 cm³/mol. The van der Waals surface area contributed by atoms with Crippen LogP contribution in [0.2, 0.25) is 0 Å². The molecule has 1 aromatic carbocycles. The number of carbonyl (C=O) groups excluding carboxylic acids is 1. The minimum atomic E-state index is -0.555. The molecule has 0 atom stereocenters. The third-order valence-electron chi connectivity index (χ3n) is 4.55. The summed E-state index contributed by atoms with van der Waals surface area (Å²) in [6.07, 6.45) is 8.63. The minimum Gasteiger partial charge on any atom is -0.304 e. The van der Waals surface area contributed by atoms with Crippen LogP contribution in [0.1, 0.15) is 11.3 Å². The van der Waals surface area contributed by atoms with Gasteiger partial charge in [0.25, 0.3) is 0 Å². The topological polar surface area (TPSA) is 74.9 Å². The molecular formula is C22H19FN6O. The van der Waals surface area contributed by atoms with Crippen molar-refractivity contribution >= 4 is 23.6 Å². The standard InChI is InChI=1S/C22H19FN6O/c1-15-5-7-19(23)20(10-15)27-22(30)28(2)26-13-18-12-25-21-8-6-17(14-29(18)21)16-4-3-9-24-11-16/h3-14H,1-2H3,(H,27,30). The number of rotatable bonds is 4. The average molecular weight is 402 g/mol. The number of fused-ring (bicyclic) bond motifs is 1. The molecule has 0 fully saturated rings. The minimum absolute atomic E-state index is 0.109. The third kappa shape index (κ3) is 4.02. The zero-order valence-corrected chi connectivity index (χ0v) is 16.5. The number of carbonyl (C=O) groups is 1. The molecule has 0 aliphatic heterocycles. The summed E-state index contributed by atoms with van der Waals surface area (Å²) in [6.45, 7) is 1.82. The molecule has 4 aromatic rings. The van der Waals surface area contributed by atoms with Gasteiger partial charge >= 0.3 is 6.03 Å². The second kappa shape index (κ2) is 8.12. The van der Waals surface area contributed by atoms with Gasteiger partial charge in [0.1, 0.15) is 11.5 Å². The van der Waals surface area contributed by atoms with E-state index in [1.165, 1.54) is 19.3 Å². The summed E-state index contributed by atoms with van der Waals surface area (Å²) >= 11 is 0. The summed E-state index contributed by atoms with van der Waals surface area (Å²) in [4.78, 5) is 20.8. The van der Waals surface area contributed by atoms with E-state index in [0.717, 1.165) is 27.3 Å². The smallest absolute Gasteiger partial charge is 0.304 e. The van der Waals surface area contributed by atoms with Crippen LogP contribution in [-0.4, -0.2) is 38.7 Å². The molecule has 0 aliphatic carbocycles. The molecule has 8 heteroatoms. The van der Waals surface area contributed by atoms with Crippen LogP contribution in [0.15, 0.2) is 72.4 Å². The normalized spacial score (nSPS) is 11.2. The lowest BCUT2D eigenvalue weighted by Crippen LogP contribution is -2.27. The van der Waals surface area contributed by atoms with Gasteiger partial charge in [0, 0.05) is 36.8 Å². The molecule has 0 radical (unpaired) electrons. The van der Waals surface area contributed by atoms with Crippen molar-refractivity contribution in [3.8, 4) is 11.1 Å². The molecule has 0 aliphatic rings. The highest BCUT2D eigenvalue weighted by Gasteiger charge is 2.11. The number of nitrogens with one attached hydrogen (secondary N) is 1. The maximum absolute atomic E-state index is 13.9. The number of nitrogens with zero attached hydrogens (tertiary/aromatic N) is 5. The summed E-state index contributed by atoms with van der Waals surface area (Å²) in [5.41, 5.74) is 4.35. The van der Waals surface area contributed by atoms with Crippen molar-refractivity contribution in [2.45, 2.75) is 6.92 Å². The highest BCUT2D eigenvalue weighted by molar-refractivity contribution is 5.90. The van der Waals surface area contributed by atoms with Crippen molar-refractivity contribution in [1.29, 1.82) is 0 Å². The van der Waals surface area contributed by atoms with Crippen molar-refractivity contribution in [2.75, 3.05) is 12.4 Å². The Morgan fingerprint density at radius 1 is 1.20 bits per heavy atom. The van der Waals surface area contributed by atoms with E-state index in [9.17, 15) is 9.18 Å². The van der Waals surface area contributed by atoms with E-state index in [1.807, 2.05) is 41.8 Å². The number of hydrogen-bond donors (Lipinski definition) is 1. The van der Waals surface area contributed by atoms with Crippen molar-refractivity contribution < 1.29 is 9.18 Å². The van der Waals surface area contributed by atoms with E-state index >= 15 is 0 Å². The second-order valence-corrected chi connectivity index (χ2v) is 6.75. The predicted octanol–water partition coefficient (Wildman–Crippen LogP) is 4.34. The van der Waals surface area contributed by atoms with Crippen LogP contribution in [0, 0.1) is 12.7 Å². The lowest BCUT2D eigenvalue weighted by atomic mass is 10.1. The number of amides is 2. The quantitative estimate of drug-likeness (QED) is 0.408. The Balaban J connectivity index is 1.54. The zero-order valence-electron chi connectivity index (χ0n) is 16.5. The van der Waals surface area contributed by atoms with Crippen molar-refractivity contribution in [3.63, 3.8) is 0 Å². The molecule has 3 aromatic heterocycles. The van der Waals surface area contributed by atoms with Crippen LogP contribution in [0.3, 0.4) is 0 Å². The largest absolute Gasteiger partial charge is 0.342 e. The van der Waals surface area contributed by atoms with E-state index in [2.05, 4.69) is 20.4 Å². The molecule has 0 saturated carbocycles. The van der Waals surface area contributed by atoms with Gasteiger partial charge in [-0.15, -0.1) is 0 Å². The lowest BCUT2D eigenvalue weighted by Gasteiger charge is -2.13. The Labute approximate surface area is 172 Å². The average Bonchev–Trinajstić information content (AvgIpc) is 3.17. The van der Waals surface area contributed by atoms with Crippen molar-refractivity contribution in [3.05, 3.63) is 84.3 Å². The Hall–Kier alpha value is -4.07. The fraction of sp³-hybridized carbons (Fsp3) is 0.0909. The van der Waals surface area contributed by atoms with Gasteiger partial charge in [-0.25, -0.2) is 19.2 Å². The van der Waals surface area contributed by atoms with Gasteiger partial charge in [-0.3, -0.25) is 9.38 Å². The van der Waals surface area contributed by atoms with Gasteiger partial charge in [-0.2, -0.15) is 5.10 Å². The van der Waals surface area contributed by atoms with Crippen molar-refractivity contribution in [1.82, 2.24) is 19.4 Å². The van der Waals surface area contributed by atoms with Crippen LogP contribution >= 0.6 is 0 Å². The van der Waals surface area contributed by atoms with Gasteiger partial charge in [0.15, 0.2) is 0 Å². The number of pyridine rings is 2. The molecule has 1 N–H and O–H groups in total. The first kappa shape index (κ1) is 19.3. The fourth-order valence-electron chi connectivity index (χ4n) is 2.93. The van der Waals surface area contributed by atoms with Crippen LogP contribution in [-0.2, 0) is 0 Å². The number of aromatic nitrogens is 3. The van der Waals surface area contributed by atoms with Crippen LogP contribution < -0.4 is 5.32 Å². The Morgan fingerprint density at radius 3 is 2.87 bits per heavy atom. The van der Waals surface area contributed by atoms with Crippen LogP contribution in [0.4, 0.5) is 14.9 Å². The molecule has 2 amide bonds. The summed E-state index contributed by atoms with van der Waals surface area (Å²) in [5, 5.41) is 7.79. The number of hydrazone groups is 1. The van der Waals surface area contributed by atoms with E-state index in [1.54, 1.807) is 30.7 Å². The van der Waals surface area contributed by atoms with E-state index < -0.39 is 11.8 Å². The monoisotopic (exact) mass is 402 g/mol. The van der Waals surface area contributed by atoms with E-state index in [-0.39, 0.29) is 5.69 Å². The number of benzene rings is 1. The fourth-order valence-corrected chi connectivity index (χ4v) is 2.93. The molecule has 0 bridgehead atoms. The third-order valence-corrected chi connectivity index (χ3v) is 4.55. The first-order valence-corrected chi connectivity index (χ1v) is 9.23. The number of urea groups is 1. The Kier molecular flexibility index (Phi) is 5.21. The summed E-state index contributed by atoms with van der Waals surface area (Å²) < 4.78 is 15.7. The molecule has 3 heterocycles. The number of hydrogen-bond acceptors (Lipinski definition) is 4. The van der Waals surface area contributed by atoms with Crippen LogP contribution in [0.5, 0.6) is 0 Å². The summed E-state index contributed by atoms with van der Waals surface area (Å²) in [5.74, 6) is -0.504. The number of halogens is 1. The molecule has 0 spiro atoms. The van der Waals surface area contributed by atoms with Crippen LogP contribution in [0.25, 0.3) is 16.8 Å². The zero-order chi connectivity index (χ0) is 21.1. The molecule has 30 heavy (non-hydrogen) atoms. The highest BCUT2D eigenvalue weighted by Crippen LogP contribution is 2.19. The van der Waals surface area contributed by atoms with Gasteiger partial charge in [-0.05, 0) is 42.8 Å². The number of aryl methyl sites for hydroxylation is 1. The molecule has 0 saturated heterocycles. The maximum Gasteiger partial charge on any atom is 0.342 e. The van der Waals surface area contributed by atoms with Crippen molar-refractivity contribution in [2.24, 2.45) is 5.10 Å². The van der Waals surface area contributed by atoms with Gasteiger partial charge in [0.2, 0.25) is 0 Å². The molecule has 7 nitrogen and oxygen atoms in total. The Bertz CT molecular complexity index is 1240. The van der Waals surface area contributed by atoms with Gasteiger partial charge in [0.05, 0.1) is 23.8 Å². The van der Waals surface area contributed by atoms with Gasteiger partial charge < -0.3 is 5.32 Å². The summed E-state index contributed by atoms with van der Waals surface area (Å²) in [7, 11) is 1.49. The van der Waals surface area contributed by atoms with E-state index in [0.29, 0.717) is 5.69 Å². The van der Waals surface area contributed by atoms with E-state index in [4.69, 9.17) is 0 Å². The number of imidazole rings is 1. The molecule has 0 unspecified atom stereocenters. The molecule has 4 rings (SSSR count). The Morgan fingerprint density at radius 2 is 2.07 bits per heavy atom. The first-order valence-electron chi connectivity index (χ1n) is 9.23. The van der Waals surface area contributed by atoms with Gasteiger partial charge in [-0.1, -0.05) is 12.1 Å². The lowest BCUT2D eigenvalue weighted by molar-refractivity contribution is 0.224.